The number of hydrogen-bond acceptors (Lipinski definition) is 5. The van der Waals surface area contributed by atoms with E-state index in [0.717, 1.165) is 27.2 Å². The van der Waals surface area contributed by atoms with Crippen molar-refractivity contribution in [2.45, 2.75) is 17.3 Å². The lowest BCUT2D eigenvalue weighted by Crippen LogP contribution is -2.13. The molecule has 2 aromatic carbocycles. The number of anilines is 1. The molecule has 0 radical (unpaired) electrons. The third-order valence-corrected chi connectivity index (χ3v) is 5.64. The average Bonchev–Trinajstić information content (AvgIpc) is 3.12. The largest absolute Gasteiger partial charge is 0.321 e. The van der Waals surface area contributed by atoms with Crippen molar-refractivity contribution in [1.29, 1.82) is 0 Å². The van der Waals surface area contributed by atoms with Crippen molar-refractivity contribution >= 4 is 34.1 Å². The minimum absolute atomic E-state index is 0.165. The Bertz CT molecular complexity index is 1140. The first-order valence-electron chi connectivity index (χ1n) is 8.87. The number of thioether (sulfide) groups is 1. The second kappa shape index (κ2) is 7.82. The number of nitrogens with zero attached hydrogens (tertiary/aromatic N) is 4. The number of nitrogens with one attached hydrogen (secondary N) is 1. The lowest BCUT2D eigenvalue weighted by atomic mass is 10.1. The summed E-state index contributed by atoms with van der Waals surface area (Å²) in [7, 11) is 1.92. The molecule has 7 heteroatoms. The Hall–Kier alpha value is -3.19. The quantitative estimate of drug-likeness (QED) is 0.510. The lowest BCUT2D eigenvalue weighted by molar-refractivity contribution is 0.102. The van der Waals surface area contributed by atoms with Gasteiger partial charge < -0.3 is 9.88 Å². The van der Waals surface area contributed by atoms with Crippen molar-refractivity contribution in [1.82, 2.24) is 19.7 Å². The van der Waals surface area contributed by atoms with Crippen molar-refractivity contribution in [3.8, 4) is 0 Å². The highest BCUT2D eigenvalue weighted by atomic mass is 32.2. The monoisotopic (exact) mass is 389 g/mol. The number of carbonyl (C=O) groups excluding carboxylic acids is 1. The van der Waals surface area contributed by atoms with E-state index in [1.165, 1.54) is 0 Å². The van der Waals surface area contributed by atoms with Gasteiger partial charge in [0.05, 0.1) is 0 Å². The maximum absolute atomic E-state index is 12.6. The van der Waals surface area contributed by atoms with E-state index in [1.54, 1.807) is 30.4 Å². The molecule has 6 nitrogen and oxygen atoms in total. The Kier molecular flexibility index (Phi) is 5.08. The van der Waals surface area contributed by atoms with Gasteiger partial charge in [0, 0.05) is 29.6 Å². The van der Waals surface area contributed by atoms with E-state index in [1.807, 2.05) is 60.1 Å². The molecule has 0 bridgehead atoms. The highest BCUT2D eigenvalue weighted by Gasteiger charge is 2.13. The summed E-state index contributed by atoms with van der Waals surface area (Å²) in [5.41, 5.74) is 2.23. The van der Waals surface area contributed by atoms with Crippen LogP contribution in [-0.4, -0.2) is 25.7 Å². The number of benzene rings is 2. The van der Waals surface area contributed by atoms with Crippen LogP contribution >= 0.6 is 11.8 Å². The van der Waals surface area contributed by atoms with Crippen LogP contribution in [0.1, 0.15) is 28.2 Å². The summed E-state index contributed by atoms with van der Waals surface area (Å²) in [6.07, 6.45) is 3.41. The summed E-state index contributed by atoms with van der Waals surface area (Å²) in [6.45, 7) is 2.10. The molecule has 0 unspecified atom stereocenters. The van der Waals surface area contributed by atoms with Crippen molar-refractivity contribution in [2.75, 3.05) is 5.32 Å². The minimum atomic E-state index is -0.225. The van der Waals surface area contributed by atoms with Gasteiger partial charge in [-0.25, -0.2) is 0 Å². The molecule has 0 aliphatic heterocycles. The highest BCUT2D eigenvalue weighted by Crippen LogP contribution is 2.34. The zero-order chi connectivity index (χ0) is 19.5. The van der Waals surface area contributed by atoms with Gasteiger partial charge in [-0.15, -0.1) is 10.2 Å². The predicted molar refractivity (Wildman–Crippen MR) is 111 cm³/mol. The first kappa shape index (κ1) is 18.2. The normalized spacial score (nSPS) is 12.1. The van der Waals surface area contributed by atoms with Gasteiger partial charge in [0.1, 0.15) is 12.0 Å². The number of hydrogen-bond donors (Lipinski definition) is 1. The third-order valence-electron chi connectivity index (χ3n) is 4.43. The fraction of sp³-hybridized carbons (Fsp3) is 0.143. The van der Waals surface area contributed by atoms with Gasteiger partial charge in [-0.3, -0.25) is 9.78 Å². The number of rotatable bonds is 5. The van der Waals surface area contributed by atoms with Crippen LogP contribution in [0.3, 0.4) is 0 Å². The maximum Gasteiger partial charge on any atom is 0.274 e. The van der Waals surface area contributed by atoms with Crippen LogP contribution in [0.4, 0.5) is 5.69 Å². The number of aromatic nitrogens is 4. The van der Waals surface area contributed by atoms with Crippen molar-refractivity contribution in [3.63, 3.8) is 0 Å². The molecule has 0 aliphatic carbocycles. The van der Waals surface area contributed by atoms with Gasteiger partial charge in [0.2, 0.25) is 0 Å². The first-order chi connectivity index (χ1) is 13.6. The SMILES string of the molecule is C[C@@H](Sc1nncn1C)c1cccc(NC(=O)c2cc3ccccc3cn2)c1. The second-order valence-electron chi connectivity index (χ2n) is 6.48. The number of amides is 1. The van der Waals surface area contributed by atoms with Crippen molar-refractivity contribution in [2.24, 2.45) is 7.05 Å². The fourth-order valence-electron chi connectivity index (χ4n) is 2.88. The van der Waals surface area contributed by atoms with Crippen molar-refractivity contribution < 1.29 is 4.79 Å². The van der Waals surface area contributed by atoms with E-state index in [4.69, 9.17) is 0 Å². The van der Waals surface area contributed by atoms with E-state index in [0.29, 0.717) is 5.69 Å². The Morgan fingerprint density at radius 3 is 2.71 bits per heavy atom. The molecule has 2 heterocycles. The molecule has 4 aromatic rings. The third kappa shape index (κ3) is 3.89. The molecule has 0 fully saturated rings. The topological polar surface area (TPSA) is 72.7 Å². The maximum atomic E-state index is 12.6. The molecule has 1 atom stereocenters. The Morgan fingerprint density at radius 2 is 1.93 bits per heavy atom. The first-order valence-corrected chi connectivity index (χ1v) is 9.75. The molecule has 4 rings (SSSR count). The van der Waals surface area contributed by atoms with Crippen LogP contribution in [0.5, 0.6) is 0 Å². The molecule has 0 aliphatic rings. The molecular formula is C21H19N5OS. The summed E-state index contributed by atoms with van der Waals surface area (Å²) in [5, 5.41) is 14.0. The lowest BCUT2D eigenvalue weighted by Gasteiger charge is -2.13. The summed E-state index contributed by atoms with van der Waals surface area (Å²) in [4.78, 5) is 16.9. The molecule has 1 N–H and O–H groups in total. The van der Waals surface area contributed by atoms with Crippen LogP contribution in [0.25, 0.3) is 10.8 Å². The highest BCUT2D eigenvalue weighted by molar-refractivity contribution is 7.99. The van der Waals surface area contributed by atoms with E-state index in [-0.39, 0.29) is 11.2 Å². The van der Waals surface area contributed by atoms with Crippen LogP contribution in [0.15, 0.2) is 72.3 Å². The van der Waals surface area contributed by atoms with Crippen LogP contribution < -0.4 is 5.32 Å². The molecule has 140 valence electrons. The molecule has 0 saturated carbocycles. The Balaban J connectivity index is 1.50. The number of pyridine rings is 1. The van der Waals surface area contributed by atoms with Gasteiger partial charge in [-0.05, 0) is 36.1 Å². The standard InChI is InChI=1S/C21H19N5OS/c1-14(28-21-25-23-13-26(21)2)15-8-5-9-18(10-15)24-20(27)19-11-16-6-3-4-7-17(16)12-22-19/h3-14H,1-2H3,(H,24,27)/t14-/m1/s1. The summed E-state index contributed by atoms with van der Waals surface area (Å²) >= 11 is 1.62. The van der Waals surface area contributed by atoms with Gasteiger partial charge in [-0.2, -0.15) is 0 Å². The Labute approximate surface area is 167 Å². The smallest absolute Gasteiger partial charge is 0.274 e. The second-order valence-corrected chi connectivity index (χ2v) is 7.79. The van der Waals surface area contributed by atoms with Gasteiger partial charge in [0.15, 0.2) is 5.16 Å². The average molecular weight is 389 g/mol. The van der Waals surface area contributed by atoms with E-state index in [9.17, 15) is 4.79 Å². The molecular weight excluding hydrogens is 370 g/mol. The number of aryl methyl sites for hydroxylation is 1. The van der Waals surface area contributed by atoms with Gasteiger partial charge in [0.25, 0.3) is 5.91 Å². The van der Waals surface area contributed by atoms with Gasteiger partial charge >= 0.3 is 0 Å². The fourth-order valence-corrected chi connectivity index (χ4v) is 3.78. The Morgan fingerprint density at radius 1 is 1.11 bits per heavy atom. The predicted octanol–water partition coefficient (Wildman–Crippen LogP) is 4.47. The number of fused-ring (bicyclic) bond motifs is 1. The van der Waals surface area contributed by atoms with Crippen LogP contribution in [0, 0.1) is 0 Å². The van der Waals surface area contributed by atoms with Gasteiger partial charge in [-0.1, -0.05) is 48.2 Å². The molecule has 28 heavy (non-hydrogen) atoms. The van der Waals surface area contributed by atoms with Crippen LogP contribution in [0.2, 0.25) is 0 Å². The summed E-state index contributed by atoms with van der Waals surface area (Å²) in [5.74, 6) is -0.225. The molecule has 1 amide bonds. The zero-order valence-electron chi connectivity index (χ0n) is 15.5. The van der Waals surface area contributed by atoms with Crippen LogP contribution in [-0.2, 0) is 7.05 Å². The van der Waals surface area contributed by atoms with E-state index >= 15 is 0 Å². The molecule has 0 spiro atoms. The molecule has 2 aromatic heterocycles. The molecule has 0 saturated heterocycles. The summed E-state index contributed by atoms with van der Waals surface area (Å²) < 4.78 is 1.89. The zero-order valence-corrected chi connectivity index (χ0v) is 16.4. The van der Waals surface area contributed by atoms with E-state index in [2.05, 4.69) is 27.4 Å². The summed E-state index contributed by atoms with van der Waals surface area (Å²) in [6, 6.07) is 17.5. The van der Waals surface area contributed by atoms with E-state index < -0.39 is 0 Å². The van der Waals surface area contributed by atoms with Crippen molar-refractivity contribution in [3.05, 3.63) is 78.4 Å². The minimum Gasteiger partial charge on any atom is -0.321 e. The number of carbonyl (C=O) groups is 1.